The van der Waals surface area contributed by atoms with Crippen LogP contribution in [0.3, 0.4) is 0 Å². The number of nitrogens with one attached hydrogen (secondary N) is 2. The van der Waals surface area contributed by atoms with E-state index in [0.717, 1.165) is 12.8 Å². The van der Waals surface area contributed by atoms with Crippen LogP contribution in [0, 0.1) is 17.1 Å². The van der Waals surface area contributed by atoms with Crippen molar-refractivity contribution in [3.05, 3.63) is 87.2 Å². The Hall–Kier alpha value is -3.93. The number of carbonyl (C=O) groups is 1. The van der Waals surface area contributed by atoms with Gasteiger partial charge in [-0.2, -0.15) is 18.3 Å². The molecule has 2 heterocycles. The third-order valence-corrected chi connectivity index (χ3v) is 7.58. The van der Waals surface area contributed by atoms with Gasteiger partial charge in [-0.15, -0.1) is 11.3 Å². The summed E-state index contributed by atoms with van der Waals surface area (Å²) in [4.78, 5) is 13.9. The monoisotopic (exact) mass is 573 g/mol. The van der Waals surface area contributed by atoms with Crippen LogP contribution in [0.4, 0.5) is 17.6 Å². The molecule has 0 spiro atoms. The van der Waals surface area contributed by atoms with Gasteiger partial charge in [0.25, 0.3) is 5.91 Å². The molecule has 1 fully saturated rings. The van der Waals surface area contributed by atoms with Gasteiger partial charge in [0.15, 0.2) is 22.1 Å². The number of aromatic nitrogens is 3. The number of ether oxygens (including phenoxy) is 1. The Morgan fingerprint density at radius 2 is 2.02 bits per heavy atom. The quantitative estimate of drug-likeness (QED) is 0.241. The van der Waals surface area contributed by atoms with E-state index in [9.17, 15) is 22.4 Å². The van der Waals surface area contributed by atoms with Gasteiger partial charge in [-0.3, -0.25) is 14.9 Å². The average molecular weight is 574 g/mol. The zero-order valence-electron chi connectivity index (χ0n) is 21.8. The topological polar surface area (TPSA) is 84.9 Å². The predicted molar refractivity (Wildman–Crippen MR) is 141 cm³/mol. The maximum absolute atomic E-state index is 14.0. The summed E-state index contributed by atoms with van der Waals surface area (Å²) in [5, 5.41) is 16.6. The number of alkyl halides is 3. The molecule has 1 aliphatic rings. The smallest absolute Gasteiger partial charge is 0.435 e. The van der Waals surface area contributed by atoms with Gasteiger partial charge in [-0.05, 0) is 72.7 Å². The molecule has 0 aliphatic heterocycles. The van der Waals surface area contributed by atoms with Crippen molar-refractivity contribution in [1.82, 2.24) is 19.7 Å². The van der Waals surface area contributed by atoms with Crippen LogP contribution >= 0.6 is 11.3 Å². The molecule has 1 amide bonds. The molecular weight excluding hydrogens is 546 g/mol. The highest BCUT2D eigenvalue weighted by atomic mass is 32.1. The molecule has 2 N–H and O–H groups in total. The fourth-order valence-electron chi connectivity index (χ4n) is 4.70. The lowest BCUT2D eigenvalue weighted by Gasteiger charge is -2.20. The Morgan fingerprint density at radius 1 is 1.25 bits per heavy atom. The van der Waals surface area contributed by atoms with E-state index in [1.165, 1.54) is 41.5 Å². The largest absolute Gasteiger partial charge is 0.494 e. The van der Waals surface area contributed by atoms with E-state index >= 15 is 0 Å². The van der Waals surface area contributed by atoms with Gasteiger partial charge >= 0.3 is 6.18 Å². The molecule has 0 saturated heterocycles. The highest BCUT2D eigenvalue weighted by Crippen LogP contribution is 2.42. The van der Waals surface area contributed by atoms with E-state index in [2.05, 4.69) is 10.4 Å². The summed E-state index contributed by atoms with van der Waals surface area (Å²) in [6.07, 6.45) is 0.101. The summed E-state index contributed by atoms with van der Waals surface area (Å²) in [5.41, 5.74) is 0.450. The number of hydrogen-bond donors (Lipinski definition) is 2. The van der Waals surface area contributed by atoms with Gasteiger partial charge in [0.05, 0.1) is 13.2 Å². The lowest BCUT2D eigenvalue weighted by Crippen LogP contribution is -2.30. The first-order valence-corrected chi connectivity index (χ1v) is 13.6. The van der Waals surface area contributed by atoms with Crippen molar-refractivity contribution in [3.63, 3.8) is 0 Å². The molecule has 1 atom stereocenters. The highest BCUT2D eigenvalue weighted by molar-refractivity contribution is 7.06. The van der Waals surface area contributed by atoms with Crippen molar-refractivity contribution in [2.45, 2.75) is 45.1 Å². The molecule has 0 bridgehead atoms. The lowest BCUT2D eigenvalue weighted by atomic mass is 9.98. The number of aryl methyl sites for hydroxylation is 1. The first kappa shape index (κ1) is 27.6. The normalized spacial score (nSPS) is 14.2. The van der Waals surface area contributed by atoms with Crippen LogP contribution in [-0.2, 0) is 19.3 Å². The molecule has 7 nitrogen and oxygen atoms in total. The molecule has 2 aromatic carbocycles. The van der Waals surface area contributed by atoms with Crippen LogP contribution in [0.5, 0.6) is 5.75 Å². The van der Waals surface area contributed by atoms with Gasteiger partial charge in [-0.1, -0.05) is 6.07 Å². The number of hydrogen-bond acceptors (Lipinski definition) is 5. The third-order valence-electron chi connectivity index (χ3n) is 6.87. The molecule has 12 heteroatoms. The lowest BCUT2D eigenvalue weighted by molar-refractivity contribution is -0.141. The second kappa shape index (κ2) is 10.9. The SMILES string of the molecule is CCn1cc(-c2cc(Cn3ccsc3=N)cc(C(=O)N[C@H](c3ccc(F)c(OC)c3)C3CC3)c2)c(C(F)(F)F)n1. The Bertz CT molecular complexity index is 1600. The van der Waals surface area contributed by atoms with Crippen LogP contribution in [0.2, 0.25) is 0 Å². The van der Waals surface area contributed by atoms with Gasteiger partial charge in [-0.25, -0.2) is 4.39 Å². The molecule has 4 aromatic rings. The number of thiazole rings is 1. The molecular formula is C28H27F4N5O2S. The first-order valence-electron chi connectivity index (χ1n) is 12.7. The number of benzene rings is 2. The van der Waals surface area contributed by atoms with Crippen molar-refractivity contribution in [3.8, 4) is 16.9 Å². The van der Waals surface area contributed by atoms with Crippen molar-refractivity contribution in [2.75, 3.05) is 7.11 Å². The fourth-order valence-corrected chi connectivity index (χ4v) is 5.29. The summed E-state index contributed by atoms with van der Waals surface area (Å²) in [7, 11) is 1.36. The van der Waals surface area contributed by atoms with Gasteiger partial charge < -0.3 is 14.6 Å². The Morgan fingerprint density at radius 3 is 2.65 bits per heavy atom. The van der Waals surface area contributed by atoms with Crippen molar-refractivity contribution in [1.29, 1.82) is 5.41 Å². The summed E-state index contributed by atoms with van der Waals surface area (Å²) in [6.45, 7) is 2.13. The number of methoxy groups -OCH3 is 1. The van der Waals surface area contributed by atoms with Gasteiger partial charge in [0, 0.05) is 42.0 Å². The maximum atomic E-state index is 14.0. The summed E-state index contributed by atoms with van der Waals surface area (Å²) < 4.78 is 63.8. The zero-order chi connectivity index (χ0) is 28.6. The second-order valence-corrected chi connectivity index (χ2v) is 10.6. The molecule has 1 saturated carbocycles. The van der Waals surface area contributed by atoms with Crippen molar-refractivity contribution < 1.29 is 27.1 Å². The molecule has 2 aromatic heterocycles. The number of amides is 1. The van der Waals surface area contributed by atoms with Crippen molar-refractivity contribution >= 4 is 17.2 Å². The fraction of sp³-hybridized carbons (Fsp3) is 0.321. The van der Waals surface area contributed by atoms with Crippen LogP contribution in [-0.4, -0.2) is 27.4 Å². The van der Waals surface area contributed by atoms with E-state index < -0.39 is 29.6 Å². The minimum absolute atomic E-state index is 0.0632. The van der Waals surface area contributed by atoms with E-state index in [1.54, 1.807) is 47.3 Å². The van der Waals surface area contributed by atoms with Crippen molar-refractivity contribution in [2.24, 2.45) is 5.92 Å². The number of nitrogens with zero attached hydrogens (tertiary/aromatic N) is 3. The predicted octanol–water partition coefficient (Wildman–Crippen LogP) is 6.01. The van der Waals surface area contributed by atoms with Crippen LogP contribution in [0.1, 0.15) is 53.0 Å². The standard InChI is InChI=1S/C28H27F4N5O2S/c1-3-37-15-21(25(35-37)28(30,31)32)19-10-16(14-36-8-9-40-27(36)33)11-20(12-19)26(38)34-24(17-4-5-17)18-6-7-22(29)23(13-18)39-2/h6-13,15,17,24,33H,3-5,14H2,1-2H3,(H,34,38)/t24-/m0/s1. The van der Waals surface area contributed by atoms with Crippen LogP contribution < -0.4 is 14.9 Å². The summed E-state index contributed by atoms with van der Waals surface area (Å²) in [5.74, 6) is -0.777. The van der Waals surface area contributed by atoms with Gasteiger partial charge in [0.2, 0.25) is 0 Å². The molecule has 0 unspecified atom stereocenters. The number of carbonyl (C=O) groups excluding carboxylic acids is 1. The molecule has 40 heavy (non-hydrogen) atoms. The van der Waals surface area contributed by atoms with Crippen LogP contribution in [0.15, 0.2) is 54.2 Å². The number of halogens is 4. The molecule has 1 aliphatic carbocycles. The Balaban J connectivity index is 1.56. The first-order chi connectivity index (χ1) is 19.1. The molecule has 210 valence electrons. The van der Waals surface area contributed by atoms with E-state index in [0.29, 0.717) is 11.1 Å². The number of rotatable bonds is 9. The summed E-state index contributed by atoms with van der Waals surface area (Å²) >= 11 is 1.22. The van der Waals surface area contributed by atoms with E-state index in [4.69, 9.17) is 10.1 Å². The molecule has 5 rings (SSSR count). The van der Waals surface area contributed by atoms with E-state index in [1.807, 2.05) is 0 Å². The van der Waals surface area contributed by atoms with Gasteiger partial charge in [0.1, 0.15) is 0 Å². The van der Waals surface area contributed by atoms with Crippen LogP contribution in [0.25, 0.3) is 11.1 Å². The highest BCUT2D eigenvalue weighted by Gasteiger charge is 2.38. The summed E-state index contributed by atoms with van der Waals surface area (Å²) in [6, 6.07) is 8.66. The van der Waals surface area contributed by atoms with E-state index in [-0.39, 0.29) is 46.2 Å². The minimum Gasteiger partial charge on any atom is -0.494 e. The maximum Gasteiger partial charge on any atom is 0.435 e. The third kappa shape index (κ3) is 5.81. The Labute approximate surface area is 231 Å². The second-order valence-electron chi connectivity index (χ2n) is 9.68. The Kier molecular flexibility index (Phi) is 7.54. The zero-order valence-corrected chi connectivity index (χ0v) is 22.6. The molecule has 0 radical (unpaired) electrons. The average Bonchev–Trinajstić information content (AvgIpc) is 3.53. The minimum atomic E-state index is -4.69.